The van der Waals surface area contributed by atoms with Crippen LogP contribution in [-0.4, -0.2) is 13.6 Å². The van der Waals surface area contributed by atoms with E-state index in [9.17, 15) is 8.42 Å². The molecule has 0 aliphatic rings. The summed E-state index contributed by atoms with van der Waals surface area (Å²) in [6.45, 7) is 0. The molecule has 0 atom stereocenters. The summed E-state index contributed by atoms with van der Waals surface area (Å²) in [7, 11) is -3.41. The Balaban J connectivity index is 2.37. The van der Waals surface area contributed by atoms with Crippen molar-refractivity contribution < 1.29 is 8.42 Å². The normalized spacial score (nSPS) is 11.8. The standard InChI is InChI=1S/C9H8ClNO2S2/c10-6-15(12,13)11-8-1-2-9-7(5-8)3-4-14-9/h1-5,11H,6H2. The van der Waals surface area contributed by atoms with E-state index in [2.05, 4.69) is 4.72 Å². The lowest BCUT2D eigenvalue weighted by molar-refractivity contribution is 0.605. The van der Waals surface area contributed by atoms with Crippen LogP contribution in [0.25, 0.3) is 10.1 Å². The molecule has 0 bridgehead atoms. The molecule has 15 heavy (non-hydrogen) atoms. The molecule has 1 heterocycles. The third kappa shape index (κ3) is 2.42. The van der Waals surface area contributed by atoms with Gasteiger partial charge in [0.1, 0.15) is 5.21 Å². The van der Waals surface area contributed by atoms with Crippen molar-refractivity contribution in [3.8, 4) is 0 Å². The first kappa shape index (κ1) is 10.7. The Morgan fingerprint density at radius 3 is 2.87 bits per heavy atom. The first-order chi connectivity index (χ1) is 7.11. The number of alkyl halides is 1. The van der Waals surface area contributed by atoms with Gasteiger partial charge in [-0.3, -0.25) is 4.72 Å². The molecule has 3 nitrogen and oxygen atoms in total. The fourth-order valence-corrected chi connectivity index (χ4v) is 2.71. The highest BCUT2D eigenvalue weighted by atomic mass is 35.5. The average molecular weight is 262 g/mol. The van der Waals surface area contributed by atoms with Gasteiger partial charge < -0.3 is 0 Å². The van der Waals surface area contributed by atoms with Crippen molar-refractivity contribution in [1.29, 1.82) is 0 Å². The molecule has 6 heteroatoms. The summed E-state index contributed by atoms with van der Waals surface area (Å²) in [5.74, 6) is 0. The topological polar surface area (TPSA) is 46.2 Å². The fraction of sp³-hybridized carbons (Fsp3) is 0.111. The number of anilines is 1. The van der Waals surface area contributed by atoms with Crippen LogP contribution in [0.1, 0.15) is 0 Å². The highest BCUT2D eigenvalue weighted by molar-refractivity contribution is 7.93. The highest BCUT2D eigenvalue weighted by Gasteiger charge is 2.08. The van der Waals surface area contributed by atoms with E-state index < -0.39 is 15.2 Å². The Morgan fingerprint density at radius 2 is 2.13 bits per heavy atom. The van der Waals surface area contributed by atoms with E-state index in [1.807, 2.05) is 17.5 Å². The predicted octanol–water partition coefficient (Wildman–Crippen LogP) is 2.84. The number of nitrogens with one attached hydrogen (secondary N) is 1. The Bertz CT molecular complexity index is 577. The molecular weight excluding hydrogens is 254 g/mol. The summed E-state index contributed by atoms with van der Waals surface area (Å²) >= 11 is 6.91. The van der Waals surface area contributed by atoms with Crippen molar-refractivity contribution in [3.05, 3.63) is 29.6 Å². The average Bonchev–Trinajstić information content (AvgIpc) is 2.64. The summed E-state index contributed by atoms with van der Waals surface area (Å²) in [6, 6.07) is 7.34. The lowest BCUT2D eigenvalue weighted by atomic mass is 10.2. The van der Waals surface area contributed by atoms with Crippen LogP contribution in [0.4, 0.5) is 5.69 Å². The van der Waals surface area contributed by atoms with Gasteiger partial charge in [0.15, 0.2) is 0 Å². The van der Waals surface area contributed by atoms with E-state index in [1.54, 1.807) is 23.5 Å². The number of rotatable bonds is 3. The molecule has 80 valence electrons. The summed E-state index contributed by atoms with van der Waals surface area (Å²) in [4.78, 5) is 0. The Labute approximate surface area is 96.7 Å². The third-order valence-electron chi connectivity index (χ3n) is 1.87. The predicted molar refractivity (Wildman–Crippen MR) is 65.1 cm³/mol. The molecule has 2 aromatic rings. The van der Waals surface area contributed by atoms with Crippen molar-refractivity contribution in [2.24, 2.45) is 0 Å². The summed E-state index contributed by atoms with van der Waals surface area (Å²) in [6.07, 6.45) is 0. The third-order valence-corrected chi connectivity index (χ3v) is 4.46. The van der Waals surface area contributed by atoms with Crippen molar-refractivity contribution in [2.45, 2.75) is 0 Å². The molecule has 0 amide bonds. The van der Waals surface area contributed by atoms with Crippen LogP contribution in [0, 0.1) is 0 Å². The van der Waals surface area contributed by atoms with Gasteiger partial charge in [-0.25, -0.2) is 8.42 Å². The second-order valence-electron chi connectivity index (χ2n) is 3.00. The van der Waals surface area contributed by atoms with E-state index in [0.717, 1.165) is 10.1 Å². The quantitative estimate of drug-likeness (QED) is 0.864. The monoisotopic (exact) mass is 261 g/mol. The number of sulfonamides is 1. The fourth-order valence-electron chi connectivity index (χ4n) is 1.24. The number of hydrogen-bond acceptors (Lipinski definition) is 3. The molecule has 2 rings (SSSR count). The zero-order chi connectivity index (χ0) is 10.9. The van der Waals surface area contributed by atoms with E-state index >= 15 is 0 Å². The van der Waals surface area contributed by atoms with Gasteiger partial charge in [0.2, 0.25) is 10.0 Å². The lowest BCUT2D eigenvalue weighted by Gasteiger charge is -2.04. The molecular formula is C9H8ClNO2S2. The van der Waals surface area contributed by atoms with Crippen LogP contribution in [0.2, 0.25) is 0 Å². The molecule has 0 fully saturated rings. The van der Waals surface area contributed by atoms with E-state index in [-0.39, 0.29) is 0 Å². The number of hydrogen-bond donors (Lipinski definition) is 1. The number of benzene rings is 1. The molecule has 0 aliphatic heterocycles. The van der Waals surface area contributed by atoms with Crippen molar-refractivity contribution in [2.75, 3.05) is 9.93 Å². The van der Waals surface area contributed by atoms with Gasteiger partial charge in [-0.1, -0.05) is 0 Å². The van der Waals surface area contributed by atoms with Crippen LogP contribution in [0.15, 0.2) is 29.6 Å². The summed E-state index contributed by atoms with van der Waals surface area (Å²) in [5, 5.41) is 2.55. The zero-order valence-corrected chi connectivity index (χ0v) is 9.99. The van der Waals surface area contributed by atoms with Crippen LogP contribution in [-0.2, 0) is 10.0 Å². The maximum Gasteiger partial charge on any atom is 0.246 e. The van der Waals surface area contributed by atoms with Crippen LogP contribution in [0.5, 0.6) is 0 Å². The first-order valence-corrected chi connectivity index (χ1v) is 7.21. The van der Waals surface area contributed by atoms with Crippen LogP contribution in [0.3, 0.4) is 0 Å². The lowest BCUT2D eigenvalue weighted by Crippen LogP contribution is -2.13. The molecule has 0 unspecified atom stereocenters. The van der Waals surface area contributed by atoms with Crippen LogP contribution >= 0.6 is 22.9 Å². The maximum absolute atomic E-state index is 11.2. The van der Waals surface area contributed by atoms with Crippen LogP contribution < -0.4 is 4.72 Å². The number of halogens is 1. The minimum absolute atomic E-state index is 0.436. The molecule has 0 saturated carbocycles. The zero-order valence-electron chi connectivity index (χ0n) is 7.60. The molecule has 0 radical (unpaired) electrons. The molecule has 0 spiro atoms. The molecule has 1 aromatic carbocycles. The van der Waals surface area contributed by atoms with Crippen molar-refractivity contribution in [3.63, 3.8) is 0 Å². The summed E-state index contributed by atoms with van der Waals surface area (Å²) in [5.41, 5.74) is 0.543. The van der Waals surface area contributed by atoms with Gasteiger partial charge in [0, 0.05) is 10.4 Å². The maximum atomic E-state index is 11.2. The Morgan fingerprint density at radius 1 is 1.33 bits per heavy atom. The van der Waals surface area contributed by atoms with Crippen molar-refractivity contribution >= 4 is 48.7 Å². The smallest absolute Gasteiger partial charge is 0.246 e. The van der Waals surface area contributed by atoms with E-state index in [4.69, 9.17) is 11.6 Å². The first-order valence-electron chi connectivity index (χ1n) is 4.14. The van der Waals surface area contributed by atoms with Crippen molar-refractivity contribution in [1.82, 2.24) is 0 Å². The van der Waals surface area contributed by atoms with E-state index in [1.165, 1.54) is 0 Å². The molecule has 1 aromatic heterocycles. The van der Waals surface area contributed by atoms with Gasteiger partial charge in [-0.2, -0.15) is 0 Å². The van der Waals surface area contributed by atoms with E-state index in [0.29, 0.717) is 5.69 Å². The number of fused-ring (bicyclic) bond motifs is 1. The van der Waals surface area contributed by atoms with Gasteiger partial charge >= 0.3 is 0 Å². The minimum Gasteiger partial charge on any atom is -0.283 e. The van der Waals surface area contributed by atoms with Gasteiger partial charge in [0.05, 0.1) is 0 Å². The number of thiophene rings is 1. The molecule has 1 N–H and O–H groups in total. The molecule has 0 aliphatic carbocycles. The van der Waals surface area contributed by atoms with Gasteiger partial charge in [-0.05, 0) is 35.0 Å². The highest BCUT2D eigenvalue weighted by Crippen LogP contribution is 2.24. The van der Waals surface area contributed by atoms with Gasteiger partial charge in [0.25, 0.3) is 0 Å². The minimum atomic E-state index is -3.41. The Kier molecular flexibility index (Phi) is 2.86. The Hall–Kier alpha value is -0.780. The molecule has 0 saturated heterocycles. The second-order valence-corrected chi connectivity index (χ2v) is 6.25. The SMILES string of the molecule is O=S(=O)(CCl)Nc1ccc2sccc2c1. The summed E-state index contributed by atoms with van der Waals surface area (Å²) < 4.78 is 25.9. The second kappa shape index (κ2) is 4.00. The largest absolute Gasteiger partial charge is 0.283 e. The van der Waals surface area contributed by atoms with Gasteiger partial charge in [-0.15, -0.1) is 22.9 Å².